The second kappa shape index (κ2) is 6.72. The number of benzene rings is 2. The van der Waals surface area contributed by atoms with Crippen molar-refractivity contribution in [2.45, 2.75) is 12.7 Å². The third-order valence-electron chi connectivity index (χ3n) is 3.10. The van der Waals surface area contributed by atoms with Crippen molar-refractivity contribution in [1.82, 2.24) is 0 Å². The van der Waals surface area contributed by atoms with E-state index in [1.165, 1.54) is 0 Å². The number of ketones is 1. The molecular formula is C16H14F2O2S. The molecule has 0 saturated heterocycles. The summed E-state index contributed by atoms with van der Waals surface area (Å²) in [4.78, 5) is 11.9. The van der Waals surface area contributed by atoms with Crippen LogP contribution in [0.15, 0.2) is 42.5 Å². The van der Waals surface area contributed by atoms with Crippen molar-refractivity contribution in [2.24, 2.45) is 0 Å². The van der Waals surface area contributed by atoms with Crippen molar-refractivity contribution in [3.8, 4) is 0 Å². The normalized spacial score (nSPS) is 12.1. The van der Waals surface area contributed by atoms with E-state index in [2.05, 4.69) is 0 Å². The van der Waals surface area contributed by atoms with Crippen molar-refractivity contribution in [2.75, 3.05) is 5.75 Å². The summed E-state index contributed by atoms with van der Waals surface area (Å²) in [5.74, 6) is -2.30. The van der Waals surface area contributed by atoms with Crippen molar-refractivity contribution in [1.29, 1.82) is 0 Å². The molecular weight excluding hydrogens is 294 g/mol. The molecule has 2 aromatic rings. The minimum absolute atomic E-state index is 0.227. The number of hydrogen-bond donors (Lipinski definition) is 0. The Morgan fingerprint density at radius 3 is 2.52 bits per heavy atom. The van der Waals surface area contributed by atoms with E-state index in [1.54, 1.807) is 0 Å². The third kappa shape index (κ3) is 4.04. The van der Waals surface area contributed by atoms with Gasteiger partial charge in [-0.15, -0.1) is 0 Å². The molecule has 2 rings (SSSR count). The number of hydrogen-bond acceptors (Lipinski definition) is 2. The van der Waals surface area contributed by atoms with Crippen LogP contribution in [0.1, 0.15) is 21.5 Å². The Hall–Kier alpha value is -1.88. The van der Waals surface area contributed by atoms with Crippen LogP contribution in [0.3, 0.4) is 0 Å². The second-order valence-electron chi connectivity index (χ2n) is 4.70. The molecule has 0 heterocycles. The van der Waals surface area contributed by atoms with Gasteiger partial charge in [0, 0.05) is 22.6 Å². The first-order valence-corrected chi connectivity index (χ1v) is 7.84. The summed E-state index contributed by atoms with van der Waals surface area (Å²) < 4.78 is 38.3. The minimum atomic E-state index is -1.44. The summed E-state index contributed by atoms with van der Waals surface area (Å²) >= 11 is 0. The number of carbonyl (C=O) groups is 1. The van der Waals surface area contributed by atoms with Gasteiger partial charge in [0.2, 0.25) is 0 Å². The first kappa shape index (κ1) is 15.5. The Bertz CT molecular complexity index is 698. The van der Waals surface area contributed by atoms with Gasteiger partial charge in [0.1, 0.15) is 11.6 Å². The van der Waals surface area contributed by atoms with Crippen LogP contribution in [0.25, 0.3) is 0 Å². The number of carbonyl (C=O) groups excluding carboxylic acids is 1. The molecule has 0 saturated carbocycles. The largest absolute Gasteiger partial charge is 0.293 e. The highest BCUT2D eigenvalue weighted by atomic mass is 32.2. The molecule has 0 spiro atoms. The molecule has 0 radical (unpaired) electrons. The van der Waals surface area contributed by atoms with E-state index in [0.29, 0.717) is 6.07 Å². The fraction of sp³-hybridized carbons (Fsp3) is 0.188. The molecule has 0 N–H and O–H groups in total. The molecule has 110 valence electrons. The van der Waals surface area contributed by atoms with Gasteiger partial charge < -0.3 is 0 Å². The van der Waals surface area contributed by atoms with Crippen molar-refractivity contribution in [3.05, 3.63) is 70.8 Å². The van der Waals surface area contributed by atoms with E-state index >= 15 is 0 Å². The van der Waals surface area contributed by atoms with E-state index in [0.717, 1.165) is 23.3 Å². The predicted molar refractivity (Wildman–Crippen MR) is 78.6 cm³/mol. The molecule has 21 heavy (non-hydrogen) atoms. The highest BCUT2D eigenvalue weighted by Crippen LogP contribution is 2.13. The van der Waals surface area contributed by atoms with Crippen LogP contribution in [0.2, 0.25) is 0 Å². The van der Waals surface area contributed by atoms with Crippen LogP contribution in [-0.2, 0) is 16.6 Å². The van der Waals surface area contributed by atoms with E-state index in [-0.39, 0.29) is 17.1 Å². The number of Topliss-reactive ketones (excluding diaryl/α,β-unsaturated/α-hetero) is 1. The summed E-state index contributed by atoms with van der Waals surface area (Å²) in [5, 5.41) is 0. The summed E-state index contributed by atoms with van der Waals surface area (Å²) in [6.07, 6.45) is 0. The van der Waals surface area contributed by atoms with Gasteiger partial charge in [0.15, 0.2) is 5.78 Å². The Kier molecular flexibility index (Phi) is 4.96. The first-order chi connectivity index (χ1) is 9.97. The van der Waals surface area contributed by atoms with Gasteiger partial charge in [0.25, 0.3) is 0 Å². The zero-order valence-electron chi connectivity index (χ0n) is 11.4. The van der Waals surface area contributed by atoms with Gasteiger partial charge in [-0.2, -0.15) is 0 Å². The SMILES string of the molecule is Cc1ccccc1CS(=O)CC(=O)c1ccc(F)cc1F. The molecule has 0 bridgehead atoms. The average Bonchev–Trinajstić information content (AvgIpc) is 2.41. The predicted octanol–water partition coefficient (Wildman–Crippen LogP) is 3.40. The van der Waals surface area contributed by atoms with Gasteiger partial charge in [0.05, 0.1) is 11.3 Å². The maximum absolute atomic E-state index is 13.5. The summed E-state index contributed by atoms with van der Waals surface area (Å²) in [6.45, 7) is 1.90. The summed E-state index contributed by atoms with van der Waals surface area (Å²) in [6, 6.07) is 10.2. The molecule has 0 fully saturated rings. The highest BCUT2D eigenvalue weighted by molar-refractivity contribution is 7.85. The lowest BCUT2D eigenvalue weighted by atomic mass is 10.1. The molecule has 1 atom stereocenters. The van der Waals surface area contributed by atoms with Gasteiger partial charge in [-0.3, -0.25) is 9.00 Å². The quantitative estimate of drug-likeness (QED) is 0.793. The molecule has 0 amide bonds. The molecule has 0 aliphatic carbocycles. The zero-order chi connectivity index (χ0) is 15.4. The zero-order valence-corrected chi connectivity index (χ0v) is 12.3. The monoisotopic (exact) mass is 308 g/mol. The van der Waals surface area contributed by atoms with Crippen LogP contribution < -0.4 is 0 Å². The van der Waals surface area contributed by atoms with Gasteiger partial charge >= 0.3 is 0 Å². The van der Waals surface area contributed by atoms with Crippen LogP contribution in [0, 0.1) is 18.6 Å². The average molecular weight is 308 g/mol. The summed E-state index contributed by atoms with van der Waals surface area (Å²) in [5.41, 5.74) is 1.66. The maximum atomic E-state index is 13.5. The van der Waals surface area contributed by atoms with Crippen molar-refractivity contribution in [3.63, 3.8) is 0 Å². The van der Waals surface area contributed by atoms with E-state index in [9.17, 15) is 17.8 Å². The Morgan fingerprint density at radius 2 is 1.86 bits per heavy atom. The van der Waals surface area contributed by atoms with Crippen molar-refractivity contribution >= 4 is 16.6 Å². The van der Waals surface area contributed by atoms with Crippen molar-refractivity contribution < 1.29 is 17.8 Å². The number of aryl methyl sites for hydroxylation is 1. The third-order valence-corrected chi connectivity index (χ3v) is 4.32. The first-order valence-electron chi connectivity index (χ1n) is 6.35. The fourth-order valence-electron chi connectivity index (χ4n) is 1.94. The topological polar surface area (TPSA) is 34.1 Å². The van der Waals surface area contributed by atoms with Crippen LogP contribution in [0.5, 0.6) is 0 Å². The molecule has 2 aromatic carbocycles. The van der Waals surface area contributed by atoms with Gasteiger partial charge in [-0.25, -0.2) is 8.78 Å². The van der Waals surface area contributed by atoms with E-state index < -0.39 is 28.2 Å². The fourth-order valence-corrected chi connectivity index (χ4v) is 3.16. The smallest absolute Gasteiger partial charge is 0.178 e. The van der Waals surface area contributed by atoms with Crippen LogP contribution >= 0.6 is 0 Å². The van der Waals surface area contributed by atoms with Gasteiger partial charge in [-0.05, 0) is 30.2 Å². The molecule has 0 aliphatic heterocycles. The lowest BCUT2D eigenvalue weighted by molar-refractivity contribution is 0.101. The lowest BCUT2D eigenvalue weighted by Crippen LogP contribution is -2.14. The second-order valence-corrected chi connectivity index (χ2v) is 6.16. The van der Waals surface area contributed by atoms with Crippen LogP contribution in [0.4, 0.5) is 8.78 Å². The lowest BCUT2D eigenvalue weighted by Gasteiger charge is -2.06. The van der Waals surface area contributed by atoms with Gasteiger partial charge in [-0.1, -0.05) is 24.3 Å². The Morgan fingerprint density at radius 1 is 1.14 bits per heavy atom. The minimum Gasteiger partial charge on any atom is -0.293 e. The highest BCUT2D eigenvalue weighted by Gasteiger charge is 2.16. The summed E-state index contributed by atoms with van der Waals surface area (Å²) in [7, 11) is -1.44. The Balaban J connectivity index is 2.06. The molecule has 0 aliphatic rings. The Labute approximate surface area is 124 Å². The molecule has 5 heteroatoms. The molecule has 2 nitrogen and oxygen atoms in total. The number of halogens is 2. The standard InChI is InChI=1S/C16H14F2O2S/c1-11-4-2-3-5-12(11)9-21(20)10-16(19)14-7-6-13(17)8-15(14)18/h2-8H,9-10H2,1H3. The van der Waals surface area contributed by atoms with E-state index in [4.69, 9.17) is 0 Å². The molecule has 1 unspecified atom stereocenters. The molecule has 0 aromatic heterocycles. The van der Waals surface area contributed by atoms with E-state index in [1.807, 2.05) is 31.2 Å². The number of rotatable bonds is 5. The van der Waals surface area contributed by atoms with Crippen LogP contribution in [-0.4, -0.2) is 15.7 Å². The maximum Gasteiger partial charge on any atom is 0.178 e.